The first-order valence-electron chi connectivity index (χ1n) is 7.21. The van der Waals surface area contributed by atoms with Crippen molar-refractivity contribution in [1.82, 2.24) is 9.55 Å². The number of halogens is 1. The van der Waals surface area contributed by atoms with Crippen LogP contribution in [0.25, 0.3) is 10.9 Å². The topological polar surface area (TPSA) is 34.9 Å². The van der Waals surface area contributed by atoms with Gasteiger partial charge in [0.2, 0.25) is 0 Å². The number of alkyl halides is 1. The lowest BCUT2D eigenvalue weighted by molar-refractivity contribution is 0.412. The number of benzene rings is 1. The second kappa shape index (κ2) is 5.21. The van der Waals surface area contributed by atoms with Gasteiger partial charge in [0.1, 0.15) is 5.82 Å². The van der Waals surface area contributed by atoms with Crippen LogP contribution in [0.15, 0.2) is 29.1 Å². The summed E-state index contributed by atoms with van der Waals surface area (Å²) in [6.07, 6.45) is 2.56. The summed E-state index contributed by atoms with van der Waals surface area (Å²) < 4.78 is 1.78. The molecule has 0 bridgehead atoms. The predicted octanol–water partition coefficient (Wildman–Crippen LogP) is 3.74. The quantitative estimate of drug-likeness (QED) is 0.804. The van der Waals surface area contributed by atoms with Crippen LogP contribution in [0.4, 0.5) is 0 Å². The Kier molecular flexibility index (Phi) is 3.55. The Morgan fingerprint density at radius 2 is 2.05 bits per heavy atom. The zero-order valence-electron chi connectivity index (χ0n) is 11.8. The molecule has 20 heavy (non-hydrogen) atoms. The van der Waals surface area contributed by atoms with Crippen LogP contribution in [-0.2, 0) is 6.54 Å². The number of para-hydroxylation sites is 1. The summed E-state index contributed by atoms with van der Waals surface area (Å²) in [5.74, 6) is 1.94. The van der Waals surface area contributed by atoms with E-state index in [0.29, 0.717) is 23.7 Å². The molecule has 0 amide bonds. The maximum Gasteiger partial charge on any atom is 0.261 e. The van der Waals surface area contributed by atoms with E-state index in [1.807, 2.05) is 31.2 Å². The summed E-state index contributed by atoms with van der Waals surface area (Å²) in [5, 5.41) is 0.412. The number of fused-ring (bicyclic) bond motifs is 1. The molecule has 1 aliphatic rings. The standard InChI is InChI=1S/C16H19ClN2O/c1-10(12-7-8-12)9-19-15(11(2)17)18-14-6-4-3-5-13(14)16(19)20/h3-6,10-12H,7-9H2,1-2H3. The van der Waals surface area contributed by atoms with Gasteiger partial charge in [0.05, 0.1) is 16.3 Å². The fourth-order valence-corrected chi connectivity index (χ4v) is 2.93. The van der Waals surface area contributed by atoms with Crippen molar-refractivity contribution in [3.8, 4) is 0 Å². The van der Waals surface area contributed by atoms with E-state index in [1.165, 1.54) is 12.8 Å². The van der Waals surface area contributed by atoms with Crippen molar-refractivity contribution in [2.24, 2.45) is 11.8 Å². The number of nitrogens with zero attached hydrogens (tertiary/aromatic N) is 2. The third-order valence-corrected chi connectivity index (χ3v) is 4.34. The second-order valence-corrected chi connectivity index (χ2v) is 6.49. The molecule has 2 atom stereocenters. The minimum atomic E-state index is -0.265. The first-order valence-corrected chi connectivity index (χ1v) is 7.65. The Hall–Kier alpha value is -1.35. The van der Waals surface area contributed by atoms with Gasteiger partial charge in [0, 0.05) is 6.54 Å². The molecule has 0 spiro atoms. The molecular weight excluding hydrogens is 272 g/mol. The highest BCUT2D eigenvalue weighted by molar-refractivity contribution is 6.20. The van der Waals surface area contributed by atoms with Crippen LogP contribution >= 0.6 is 11.6 Å². The number of rotatable bonds is 4. The normalized spacial score (nSPS) is 18.1. The molecule has 3 rings (SSSR count). The van der Waals surface area contributed by atoms with Crippen LogP contribution in [0.2, 0.25) is 0 Å². The van der Waals surface area contributed by atoms with Crippen molar-refractivity contribution in [1.29, 1.82) is 0 Å². The van der Waals surface area contributed by atoms with E-state index < -0.39 is 0 Å². The van der Waals surface area contributed by atoms with Crippen molar-refractivity contribution >= 4 is 22.5 Å². The van der Waals surface area contributed by atoms with Crippen molar-refractivity contribution in [2.45, 2.75) is 38.6 Å². The van der Waals surface area contributed by atoms with Gasteiger partial charge in [-0.2, -0.15) is 0 Å². The summed E-state index contributed by atoms with van der Waals surface area (Å²) in [4.78, 5) is 17.3. The molecule has 1 heterocycles. The van der Waals surface area contributed by atoms with Gasteiger partial charge in [-0.05, 0) is 43.7 Å². The number of hydrogen-bond donors (Lipinski definition) is 0. The Morgan fingerprint density at radius 3 is 2.70 bits per heavy atom. The van der Waals surface area contributed by atoms with E-state index in [0.717, 1.165) is 11.4 Å². The molecule has 1 fully saturated rings. The van der Waals surface area contributed by atoms with Crippen LogP contribution in [0.3, 0.4) is 0 Å². The minimum Gasteiger partial charge on any atom is -0.295 e. The highest BCUT2D eigenvalue weighted by atomic mass is 35.5. The Bertz CT molecular complexity index is 688. The van der Waals surface area contributed by atoms with Crippen LogP contribution in [0, 0.1) is 11.8 Å². The highest BCUT2D eigenvalue weighted by Crippen LogP contribution is 2.37. The molecule has 0 aliphatic heterocycles. The molecule has 1 aliphatic carbocycles. The molecule has 2 unspecified atom stereocenters. The molecule has 2 aromatic rings. The van der Waals surface area contributed by atoms with Crippen molar-refractivity contribution < 1.29 is 0 Å². The van der Waals surface area contributed by atoms with Crippen LogP contribution in [0.1, 0.15) is 37.9 Å². The van der Waals surface area contributed by atoms with E-state index in [4.69, 9.17) is 11.6 Å². The van der Waals surface area contributed by atoms with Gasteiger partial charge >= 0.3 is 0 Å². The average Bonchev–Trinajstić information content (AvgIpc) is 3.26. The molecule has 0 N–H and O–H groups in total. The van der Waals surface area contributed by atoms with E-state index in [2.05, 4.69) is 11.9 Å². The number of hydrogen-bond acceptors (Lipinski definition) is 2. The molecule has 1 saturated carbocycles. The molecule has 1 aromatic carbocycles. The molecule has 0 saturated heterocycles. The molecule has 106 valence electrons. The SMILES string of the molecule is CC(Cl)c1nc2ccccc2c(=O)n1CC(C)C1CC1. The van der Waals surface area contributed by atoms with E-state index >= 15 is 0 Å². The minimum absolute atomic E-state index is 0.0330. The lowest BCUT2D eigenvalue weighted by Gasteiger charge is -2.18. The van der Waals surface area contributed by atoms with Crippen LogP contribution < -0.4 is 5.56 Å². The number of aromatic nitrogens is 2. The largest absolute Gasteiger partial charge is 0.295 e. The monoisotopic (exact) mass is 290 g/mol. The lowest BCUT2D eigenvalue weighted by atomic mass is 10.1. The van der Waals surface area contributed by atoms with Gasteiger partial charge in [-0.15, -0.1) is 11.6 Å². The van der Waals surface area contributed by atoms with Gasteiger partial charge < -0.3 is 0 Å². The molecule has 4 heteroatoms. The maximum atomic E-state index is 12.7. The third kappa shape index (κ3) is 2.47. The Labute approximate surface area is 123 Å². The molecular formula is C16H19ClN2O. The fraction of sp³-hybridized carbons (Fsp3) is 0.500. The van der Waals surface area contributed by atoms with E-state index in [9.17, 15) is 4.79 Å². The smallest absolute Gasteiger partial charge is 0.261 e. The van der Waals surface area contributed by atoms with E-state index in [1.54, 1.807) is 4.57 Å². The van der Waals surface area contributed by atoms with Crippen molar-refractivity contribution in [3.05, 3.63) is 40.4 Å². The lowest BCUT2D eigenvalue weighted by Crippen LogP contribution is -2.28. The van der Waals surface area contributed by atoms with Gasteiger partial charge in [0.15, 0.2) is 0 Å². The maximum absolute atomic E-state index is 12.7. The average molecular weight is 291 g/mol. The van der Waals surface area contributed by atoms with Crippen LogP contribution in [0.5, 0.6) is 0 Å². The van der Waals surface area contributed by atoms with Crippen molar-refractivity contribution in [3.63, 3.8) is 0 Å². The summed E-state index contributed by atoms with van der Waals surface area (Å²) in [6, 6.07) is 7.48. The van der Waals surface area contributed by atoms with Gasteiger partial charge in [0.25, 0.3) is 5.56 Å². The third-order valence-electron chi connectivity index (χ3n) is 4.14. The van der Waals surface area contributed by atoms with Crippen LogP contribution in [-0.4, -0.2) is 9.55 Å². The van der Waals surface area contributed by atoms with E-state index in [-0.39, 0.29) is 10.9 Å². The second-order valence-electron chi connectivity index (χ2n) is 5.83. The first-order chi connectivity index (χ1) is 9.58. The van der Waals surface area contributed by atoms with Gasteiger partial charge in [-0.1, -0.05) is 19.1 Å². The van der Waals surface area contributed by atoms with Gasteiger partial charge in [-0.25, -0.2) is 4.98 Å². The Morgan fingerprint density at radius 1 is 1.35 bits per heavy atom. The summed E-state index contributed by atoms with van der Waals surface area (Å²) in [5.41, 5.74) is 0.765. The predicted molar refractivity (Wildman–Crippen MR) is 82.2 cm³/mol. The first kappa shape index (κ1) is 13.6. The summed E-state index contributed by atoms with van der Waals surface area (Å²) in [7, 11) is 0. The molecule has 0 radical (unpaired) electrons. The zero-order valence-corrected chi connectivity index (χ0v) is 12.6. The zero-order chi connectivity index (χ0) is 14.3. The summed E-state index contributed by atoms with van der Waals surface area (Å²) >= 11 is 6.24. The Balaban J connectivity index is 2.13. The fourth-order valence-electron chi connectivity index (χ4n) is 2.77. The summed E-state index contributed by atoms with van der Waals surface area (Å²) in [6.45, 7) is 4.80. The molecule has 3 nitrogen and oxygen atoms in total. The van der Waals surface area contributed by atoms with Crippen molar-refractivity contribution in [2.75, 3.05) is 0 Å². The van der Waals surface area contributed by atoms with Gasteiger partial charge in [-0.3, -0.25) is 9.36 Å². The highest BCUT2D eigenvalue weighted by Gasteiger charge is 2.29. The molecule has 1 aromatic heterocycles.